The minimum atomic E-state index is -1.28. The third kappa shape index (κ3) is 3.57. The van der Waals surface area contributed by atoms with E-state index in [4.69, 9.17) is 9.47 Å². The minimum absolute atomic E-state index is 0.0201. The number of urea groups is 1. The SMILES string of the molecule is O=C(NCCC1CCOC1)NC1(C(=O)O)CCOC1. The molecule has 2 heterocycles. The predicted octanol–water partition coefficient (Wildman–Crippen LogP) is -0.0441. The number of amides is 2. The average Bonchev–Trinajstić information content (AvgIpc) is 3.00. The van der Waals surface area contributed by atoms with E-state index in [1.165, 1.54) is 0 Å². The van der Waals surface area contributed by atoms with Crippen LogP contribution < -0.4 is 10.6 Å². The summed E-state index contributed by atoms with van der Waals surface area (Å²) in [6, 6.07) is -0.452. The van der Waals surface area contributed by atoms with Crippen molar-refractivity contribution in [3.8, 4) is 0 Å². The van der Waals surface area contributed by atoms with Gasteiger partial charge in [0.05, 0.1) is 6.61 Å². The molecule has 108 valence electrons. The van der Waals surface area contributed by atoms with E-state index in [0.29, 0.717) is 25.5 Å². The number of carboxylic acid groups (broad SMARTS) is 1. The molecule has 0 aromatic rings. The molecule has 0 aromatic carbocycles. The van der Waals surface area contributed by atoms with E-state index < -0.39 is 17.5 Å². The van der Waals surface area contributed by atoms with Gasteiger partial charge in [-0.3, -0.25) is 0 Å². The van der Waals surface area contributed by atoms with Crippen LogP contribution in [0.3, 0.4) is 0 Å². The quantitative estimate of drug-likeness (QED) is 0.652. The first-order valence-electron chi connectivity index (χ1n) is 6.57. The highest BCUT2D eigenvalue weighted by atomic mass is 16.5. The molecule has 0 radical (unpaired) electrons. The van der Waals surface area contributed by atoms with Gasteiger partial charge in [0.25, 0.3) is 0 Å². The molecule has 0 aliphatic carbocycles. The summed E-state index contributed by atoms with van der Waals surface area (Å²) in [7, 11) is 0. The van der Waals surface area contributed by atoms with Gasteiger partial charge in [-0.05, 0) is 18.8 Å². The number of hydrogen-bond donors (Lipinski definition) is 3. The smallest absolute Gasteiger partial charge is 0.332 e. The minimum Gasteiger partial charge on any atom is -0.479 e. The van der Waals surface area contributed by atoms with Crippen molar-refractivity contribution < 1.29 is 24.2 Å². The number of hydrogen-bond acceptors (Lipinski definition) is 4. The van der Waals surface area contributed by atoms with Crippen LogP contribution in [0.2, 0.25) is 0 Å². The van der Waals surface area contributed by atoms with Crippen molar-refractivity contribution in [2.24, 2.45) is 5.92 Å². The zero-order valence-corrected chi connectivity index (χ0v) is 10.8. The number of ether oxygens (including phenoxy) is 2. The lowest BCUT2D eigenvalue weighted by atomic mass is 9.99. The molecule has 2 unspecified atom stereocenters. The van der Waals surface area contributed by atoms with E-state index in [-0.39, 0.29) is 6.61 Å². The molecule has 2 amide bonds. The fourth-order valence-electron chi connectivity index (χ4n) is 2.35. The second-order valence-corrected chi connectivity index (χ2v) is 5.09. The average molecular weight is 272 g/mol. The molecule has 2 aliphatic rings. The molecule has 0 saturated carbocycles. The van der Waals surface area contributed by atoms with E-state index in [1.54, 1.807) is 0 Å². The normalized spacial score (nSPS) is 30.2. The lowest BCUT2D eigenvalue weighted by Crippen LogP contribution is -2.57. The molecule has 2 fully saturated rings. The molecule has 2 aliphatic heterocycles. The number of aliphatic carboxylic acids is 1. The molecule has 7 heteroatoms. The molecule has 2 rings (SSSR count). The van der Waals surface area contributed by atoms with E-state index in [9.17, 15) is 14.7 Å². The summed E-state index contributed by atoms with van der Waals surface area (Å²) in [5.74, 6) is -0.562. The Hall–Kier alpha value is -1.34. The van der Waals surface area contributed by atoms with Crippen LogP contribution in [0.1, 0.15) is 19.3 Å². The molecule has 7 nitrogen and oxygen atoms in total. The van der Waals surface area contributed by atoms with Crippen LogP contribution in [-0.4, -0.2) is 55.6 Å². The second kappa shape index (κ2) is 6.21. The third-order valence-electron chi connectivity index (χ3n) is 3.65. The summed E-state index contributed by atoms with van der Waals surface area (Å²) < 4.78 is 10.3. The molecule has 2 saturated heterocycles. The first kappa shape index (κ1) is 14.1. The van der Waals surface area contributed by atoms with E-state index in [2.05, 4.69) is 10.6 Å². The number of rotatable bonds is 5. The maximum absolute atomic E-state index is 11.7. The van der Waals surface area contributed by atoms with E-state index >= 15 is 0 Å². The highest BCUT2D eigenvalue weighted by Crippen LogP contribution is 2.19. The van der Waals surface area contributed by atoms with Crippen molar-refractivity contribution in [1.82, 2.24) is 10.6 Å². The molecule has 0 bridgehead atoms. The molecular weight excluding hydrogens is 252 g/mol. The van der Waals surface area contributed by atoms with Gasteiger partial charge >= 0.3 is 12.0 Å². The van der Waals surface area contributed by atoms with E-state index in [1.807, 2.05) is 0 Å². The van der Waals surface area contributed by atoms with Gasteiger partial charge in [-0.25, -0.2) is 9.59 Å². The molecule has 2 atom stereocenters. The summed E-state index contributed by atoms with van der Waals surface area (Å²) in [6.07, 6.45) is 2.17. The van der Waals surface area contributed by atoms with Crippen LogP contribution in [0, 0.1) is 5.92 Å². The zero-order valence-electron chi connectivity index (χ0n) is 10.8. The van der Waals surface area contributed by atoms with Crippen molar-refractivity contribution in [3.63, 3.8) is 0 Å². The Kier molecular flexibility index (Phi) is 4.60. The Morgan fingerprint density at radius 1 is 1.32 bits per heavy atom. The van der Waals surface area contributed by atoms with Crippen molar-refractivity contribution in [3.05, 3.63) is 0 Å². The number of nitrogens with one attached hydrogen (secondary N) is 2. The van der Waals surface area contributed by atoms with Gasteiger partial charge in [0.15, 0.2) is 5.54 Å². The fraction of sp³-hybridized carbons (Fsp3) is 0.833. The van der Waals surface area contributed by atoms with Gasteiger partial charge in [0.2, 0.25) is 0 Å². The van der Waals surface area contributed by atoms with Crippen LogP contribution in [0.15, 0.2) is 0 Å². The maximum atomic E-state index is 11.7. The Morgan fingerprint density at radius 3 is 2.74 bits per heavy atom. The van der Waals surface area contributed by atoms with Crippen molar-refractivity contribution in [2.45, 2.75) is 24.8 Å². The zero-order chi connectivity index (χ0) is 13.7. The molecule has 0 aromatic heterocycles. The number of carbonyl (C=O) groups is 2. The van der Waals surface area contributed by atoms with Crippen molar-refractivity contribution in [1.29, 1.82) is 0 Å². The van der Waals surface area contributed by atoms with Crippen molar-refractivity contribution >= 4 is 12.0 Å². The van der Waals surface area contributed by atoms with Gasteiger partial charge in [0.1, 0.15) is 0 Å². The Labute approximate surface area is 111 Å². The Morgan fingerprint density at radius 2 is 2.16 bits per heavy atom. The van der Waals surface area contributed by atoms with Gasteiger partial charge < -0.3 is 25.2 Å². The Balaban J connectivity index is 1.72. The Bertz CT molecular complexity index is 335. The van der Waals surface area contributed by atoms with Gasteiger partial charge in [-0.15, -0.1) is 0 Å². The van der Waals surface area contributed by atoms with Gasteiger partial charge in [0, 0.05) is 32.8 Å². The van der Waals surface area contributed by atoms with Crippen LogP contribution in [0.4, 0.5) is 4.79 Å². The highest BCUT2D eigenvalue weighted by Gasteiger charge is 2.43. The van der Waals surface area contributed by atoms with Gasteiger partial charge in [-0.1, -0.05) is 0 Å². The lowest BCUT2D eigenvalue weighted by molar-refractivity contribution is -0.144. The van der Waals surface area contributed by atoms with Crippen LogP contribution in [0.5, 0.6) is 0 Å². The third-order valence-corrected chi connectivity index (χ3v) is 3.65. The first-order valence-corrected chi connectivity index (χ1v) is 6.57. The molecule has 0 spiro atoms. The van der Waals surface area contributed by atoms with Crippen molar-refractivity contribution in [2.75, 3.05) is 33.0 Å². The van der Waals surface area contributed by atoms with Crippen LogP contribution in [-0.2, 0) is 14.3 Å². The molecular formula is C12H20N2O5. The van der Waals surface area contributed by atoms with E-state index in [0.717, 1.165) is 26.1 Å². The molecule has 19 heavy (non-hydrogen) atoms. The summed E-state index contributed by atoms with van der Waals surface area (Å²) in [6.45, 7) is 2.43. The fourth-order valence-corrected chi connectivity index (χ4v) is 2.35. The highest BCUT2D eigenvalue weighted by molar-refractivity contribution is 5.86. The monoisotopic (exact) mass is 272 g/mol. The second-order valence-electron chi connectivity index (χ2n) is 5.09. The first-order chi connectivity index (χ1) is 9.12. The largest absolute Gasteiger partial charge is 0.479 e. The predicted molar refractivity (Wildman–Crippen MR) is 65.9 cm³/mol. The summed E-state index contributed by atoms with van der Waals surface area (Å²) in [5.41, 5.74) is -1.28. The summed E-state index contributed by atoms with van der Waals surface area (Å²) in [5, 5.41) is 14.4. The number of carboxylic acids is 1. The maximum Gasteiger partial charge on any atom is 0.332 e. The molecule has 3 N–H and O–H groups in total. The topological polar surface area (TPSA) is 96.9 Å². The summed E-state index contributed by atoms with van der Waals surface area (Å²) in [4.78, 5) is 22.9. The van der Waals surface area contributed by atoms with Crippen LogP contribution >= 0.6 is 0 Å². The lowest BCUT2D eigenvalue weighted by Gasteiger charge is -2.23. The summed E-state index contributed by atoms with van der Waals surface area (Å²) >= 11 is 0. The van der Waals surface area contributed by atoms with Crippen LogP contribution in [0.25, 0.3) is 0 Å². The van der Waals surface area contributed by atoms with Gasteiger partial charge in [-0.2, -0.15) is 0 Å². The standard InChI is InChI=1S/C12H20N2O5/c15-10(16)12(3-6-19-8-12)14-11(17)13-4-1-9-2-5-18-7-9/h9H,1-8H2,(H,15,16)(H2,13,14,17). The number of carbonyl (C=O) groups excluding carboxylic acids is 1.